The van der Waals surface area contributed by atoms with Crippen LogP contribution in [-0.2, 0) is 15.9 Å². The summed E-state index contributed by atoms with van der Waals surface area (Å²) >= 11 is 0. The molecule has 0 bridgehead atoms. The molecule has 2 unspecified atom stereocenters. The van der Waals surface area contributed by atoms with E-state index >= 15 is 0 Å². The molecule has 3 rings (SSSR count). The van der Waals surface area contributed by atoms with Gasteiger partial charge in [0.15, 0.2) is 0 Å². The maximum atomic E-state index is 5.43. The smallest absolute Gasteiger partial charge is 0.0928 e. The minimum atomic E-state index is 0.102. The quantitative estimate of drug-likeness (QED) is 0.859. The predicted octanol–water partition coefficient (Wildman–Crippen LogP) is 2.80. The molecule has 2 N–H and O–H groups in total. The fourth-order valence-electron chi connectivity index (χ4n) is 3.29. The van der Waals surface area contributed by atoms with Gasteiger partial charge in [-0.3, -0.25) is 0 Å². The van der Waals surface area contributed by atoms with Crippen LogP contribution in [0.5, 0.6) is 0 Å². The van der Waals surface area contributed by atoms with Crippen LogP contribution in [0, 0.1) is 0 Å². The average molecular weight is 288 g/mol. The number of H-pyrrole nitrogens is 1. The summed E-state index contributed by atoms with van der Waals surface area (Å²) in [5.74, 6) is 0. The number of hydrogen-bond donors (Lipinski definition) is 2. The van der Waals surface area contributed by atoms with Crippen LogP contribution < -0.4 is 5.32 Å². The summed E-state index contributed by atoms with van der Waals surface area (Å²) in [5, 5.41) is 5.01. The summed E-state index contributed by atoms with van der Waals surface area (Å²) in [7, 11) is 3.45. The molecule has 1 aromatic carbocycles. The van der Waals surface area contributed by atoms with Gasteiger partial charge in [-0.05, 0) is 30.9 Å². The van der Waals surface area contributed by atoms with Crippen molar-refractivity contribution < 1.29 is 9.47 Å². The van der Waals surface area contributed by atoms with Gasteiger partial charge in [0, 0.05) is 43.4 Å². The highest BCUT2D eigenvalue weighted by Gasteiger charge is 2.24. The lowest BCUT2D eigenvalue weighted by atomic mass is 9.91. The van der Waals surface area contributed by atoms with Gasteiger partial charge in [0.2, 0.25) is 0 Å². The highest BCUT2D eigenvalue weighted by atomic mass is 16.5. The second kappa shape index (κ2) is 6.60. The van der Waals surface area contributed by atoms with Crippen molar-refractivity contribution >= 4 is 10.9 Å². The standard InChI is InChI=1S/C17H24N2O2/c1-20-11-12(21-2)10-18-16-9-5-7-14-13-6-3-4-8-15(13)19-17(14)16/h3-4,6,8,12,16,18-19H,5,7,9-11H2,1-2H3. The first kappa shape index (κ1) is 14.6. The highest BCUT2D eigenvalue weighted by molar-refractivity contribution is 5.85. The molecule has 21 heavy (non-hydrogen) atoms. The summed E-state index contributed by atoms with van der Waals surface area (Å²) < 4.78 is 10.6. The van der Waals surface area contributed by atoms with E-state index in [2.05, 4.69) is 34.6 Å². The van der Waals surface area contributed by atoms with Crippen molar-refractivity contribution in [1.82, 2.24) is 10.3 Å². The fourth-order valence-corrected chi connectivity index (χ4v) is 3.29. The van der Waals surface area contributed by atoms with E-state index in [1.54, 1.807) is 14.2 Å². The number of aryl methyl sites for hydroxylation is 1. The fraction of sp³-hybridized carbons (Fsp3) is 0.529. The Bertz CT molecular complexity index is 593. The Labute approximate surface area is 125 Å². The lowest BCUT2D eigenvalue weighted by molar-refractivity contribution is 0.0269. The van der Waals surface area contributed by atoms with E-state index in [1.165, 1.54) is 41.4 Å². The van der Waals surface area contributed by atoms with Crippen molar-refractivity contribution in [3.05, 3.63) is 35.5 Å². The molecule has 0 amide bonds. The maximum Gasteiger partial charge on any atom is 0.0928 e. The number of benzene rings is 1. The third-order valence-electron chi connectivity index (χ3n) is 4.39. The van der Waals surface area contributed by atoms with Crippen LogP contribution in [0.4, 0.5) is 0 Å². The van der Waals surface area contributed by atoms with Crippen molar-refractivity contribution in [2.24, 2.45) is 0 Å². The van der Waals surface area contributed by atoms with E-state index < -0.39 is 0 Å². The molecule has 0 aliphatic heterocycles. The number of hydrogen-bond acceptors (Lipinski definition) is 3. The van der Waals surface area contributed by atoms with Gasteiger partial charge in [-0.15, -0.1) is 0 Å². The van der Waals surface area contributed by atoms with E-state index in [0.717, 1.165) is 6.54 Å². The molecule has 2 atom stereocenters. The van der Waals surface area contributed by atoms with Gasteiger partial charge in [-0.1, -0.05) is 18.2 Å². The Kier molecular flexibility index (Phi) is 4.58. The maximum absolute atomic E-state index is 5.43. The number of ether oxygens (including phenoxy) is 2. The van der Waals surface area contributed by atoms with E-state index in [4.69, 9.17) is 9.47 Å². The summed E-state index contributed by atoms with van der Waals surface area (Å²) in [6.07, 6.45) is 3.67. The lowest BCUT2D eigenvalue weighted by Gasteiger charge is -2.26. The topological polar surface area (TPSA) is 46.3 Å². The molecule has 1 heterocycles. The van der Waals surface area contributed by atoms with Gasteiger partial charge >= 0.3 is 0 Å². The number of methoxy groups -OCH3 is 2. The minimum Gasteiger partial charge on any atom is -0.382 e. The monoisotopic (exact) mass is 288 g/mol. The third kappa shape index (κ3) is 2.98. The summed E-state index contributed by atoms with van der Waals surface area (Å²) in [6, 6.07) is 8.97. The molecule has 4 nitrogen and oxygen atoms in total. The summed E-state index contributed by atoms with van der Waals surface area (Å²) in [5.41, 5.74) is 4.08. The van der Waals surface area contributed by atoms with E-state index in [9.17, 15) is 0 Å². The minimum absolute atomic E-state index is 0.102. The van der Waals surface area contributed by atoms with Gasteiger partial charge < -0.3 is 19.8 Å². The summed E-state index contributed by atoms with van der Waals surface area (Å²) in [6.45, 7) is 1.43. The molecular formula is C17H24N2O2. The van der Waals surface area contributed by atoms with Crippen LogP contribution in [0.25, 0.3) is 10.9 Å². The first-order valence-electron chi connectivity index (χ1n) is 7.68. The zero-order chi connectivity index (χ0) is 14.7. The highest BCUT2D eigenvalue weighted by Crippen LogP contribution is 2.34. The SMILES string of the molecule is COCC(CNC1CCCc2c1[nH]c1ccccc21)OC. The Morgan fingerprint density at radius 1 is 1.33 bits per heavy atom. The molecule has 4 heteroatoms. The zero-order valence-corrected chi connectivity index (χ0v) is 12.8. The van der Waals surface area contributed by atoms with Gasteiger partial charge in [0.05, 0.1) is 12.7 Å². The largest absolute Gasteiger partial charge is 0.382 e. The second-order valence-electron chi connectivity index (χ2n) is 5.73. The zero-order valence-electron chi connectivity index (χ0n) is 12.8. The van der Waals surface area contributed by atoms with Gasteiger partial charge in [0.1, 0.15) is 0 Å². The molecule has 0 saturated heterocycles. The van der Waals surface area contributed by atoms with Gasteiger partial charge in [-0.2, -0.15) is 0 Å². The van der Waals surface area contributed by atoms with Crippen LogP contribution in [0.1, 0.15) is 30.1 Å². The first-order chi connectivity index (χ1) is 10.3. The number of nitrogens with one attached hydrogen (secondary N) is 2. The van der Waals surface area contributed by atoms with E-state index in [-0.39, 0.29) is 6.10 Å². The molecule has 1 aromatic heterocycles. The number of para-hydroxylation sites is 1. The van der Waals surface area contributed by atoms with E-state index in [0.29, 0.717) is 12.6 Å². The molecule has 2 aromatic rings. The molecule has 0 fully saturated rings. The molecule has 0 radical (unpaired) electrons. The third-order valence-corrected chi connectivity index (χ3v) is 4.39. The van der Waals surface area contributed by atoms with Crippen LogP contribution in [0.3, 0.4) is 0 Å². The Morgan fingerprint density at radius 2 is 2.19 bits per heavy atom. The second-order valence-corrected chi connectivity index (χ2v) is 5.73. The van der Waals surface area contributed by atoms with Crippen molar-refractivity contribution in [3.63, 3.8) is 0 Å². The Balaban J connectivity index is 1.77. The molecule has 1 aliphatic carbocycles. The molecule has 1 aliphatic rings. The van der Waals surface area contributed by atoms with Crippen LogP contribution in [0.2, 0.25) is 0 Å². The Hall–Kier alpha value is -1.36. The van der Waals surface area contributed by atoms with Gasteiger partial charge in [0.25, 0.3) is 0 Å². The molecule has 0 spiro atoms. The Morgan fingerprint density at radius 3 is 3.00 bits per heavy atom. The number of aromatic nitrogens is 1. The predicted molar refractivity (Wildman–Crippen MR) is 84.7 cm³/mol. The normalized spacial score (nSPS) is 19.6. The van der Waals surface area contributed by atoms with Crippen LogP contribution in [-0.4, -0.2) is 38.5 Å². The van der Waals surface area contributed by atoms with Crippen molar-refractivity contribution in [3.8, 4) is 0 Å². The molecule has 0 saturated carbocycles. The number of fused-ring (bicyclic) bond motifs is 3. The summed E-state index contributed by atoms with van der Waals surface area (Å²) in [4.78, 5) is 3.61. The van der Waals surface area contributed by atoms with Crippen LogP contribution in [0.15, 0.2) is 24.3 Å². The van der Waals surface area contributed by atoms with E-state index in [1.807, 2.05) is 0 Å². The molecular weight excluding hydrogens is 264 g/mol. The van der Waals surface area contributed by atoms with Crippen LogP contribution >= 0.6 is 0 Å². The van der Waals surface area contributed by atoms with Gasteiger partial charge in [-0.25, -0.2) is 0 Å². The number of rotatable bonds is 6. The van der Waals surface area contributed by atoms with Crippen molar-refractivity contribution in [1.29, 1.82) is 0 Å². The average Bonchev–Trinajstić information content (AvgIpc) is 2.91. The molecule has 114 valence electrons. The van der Waals surface area contributed by atoms with Crippen molar-refractivity contribution in [2.75, 3.05) is 27.4 Å². The number of aromatic amines is 1. The lowest BCUT2D eigenvalue weighted by Crippen LogP contribution is -2.35. The first-order valence-corrected chi connectivity index (χ1v) is 7.68. The van der Waals surface area contributed by atoms with Crippen molar-refractivity contribution in [2.45, 2.75) is 31.4 Å².